The zero-order valence-electron chi connectivity index (χ0n) is 14.5. The van der Waals surface area contributed by atoms with E-state index in [1.165, 1.54) is 12.1 Å². The second-order valence-corrected chi connectivity index (χ2v) is 6.71. The highest BCUT2D eigenvalue weighted by molar-refractivity contribution is 7.98. The molecule has 0 saturated heterocycles. The van der Waals surface area contributed by atoms with Crippen LogP contribution in [0, 0.1) is 0 Å². The smallest absolute Gasteiger partial charge is 0.293 e. The zero-order valence-corrected chi connectivity index (χ0v) is 15.3. The zero-order chi connectivity index (χ0) is 19.6. The van der Waals surface area contributed by atoms with E-state index in [0.29, 0.717) is 16.4 Å². The Morgan fingerprint density at radius 3 is 2.18 bits per heavy atom. The molecule has 2 aromatic heterocycles. The molecule has 0 bridgehead atoms. The number of nitrogens with zero attached hydrogens (tertiary/aromatic N) is 3. The highest BCUT2D eigenvalue weighted by Gasteiger charge is 2.37. The monoisotopic (exact) mass is 397 g/mol. The summed E-state index contributed by atoms with van der Waals surface area (Å²) in [6.07, 6.45) is -2.80. The van der Waals surface area contributed by atoms with Crippen LogP contribution < -0.4 is 0 Å². The lowest BCUT2D eigenvalue weighted by molar-refractivity contribution is -0.0578. The van der Waals surface area contributed by atoms with E-state index in [4.69, 9.17) is 0 Å². The number of alkyl halides is 3. The van der Waals surface area contributed by atoms with E-state index in [-0.39, 0.29) is 5.56 Å². The molecule has 0 aliphatic rings. The van der Waals surface area contributed by atoms with E-state index in [2.05, 4.69) is 9.38 Å². The largest absolute Gasteiger partial charge is 0.434 e. The van der Waals surface area contributed by atoms with Crippen molar-refractivity contribution < 1.29 is 13.2 Å². The lowest BCUT2D eigenvalue weighted by atomic mass is 10.1. The maximum absolute atomic E-state index is 13.6. The first-order valence-corrected chi connectivity index (χ1v) is 9.21. The van der Waals surface area contributed by atoms with Crippen LogP contribution >= 0.6 is 11.9 Å². The lowest BCUT2D eigenvalue weighted by Gasteiger charge is -2.10. The van der Waals surface area contributed by atoms with Gasteiger partial charge in [0.05, 0.1) is 0 Å². The van der Waals surface area contributed by atoms with Crippen molar-refractivity contribution in [1.82, 2.24) is 9.38 Å². The molecule has 0 aliphatic carbocycles. The highest BCUT2D eigenvalue weighted by Crippen LogP contribution is 2.34. The van der Waals surface area contributed by atoms with Crippen molar-refractivity contribution in [3.63, 3.8) is 0 Å². The quantitative estimate of drug-likeness (QED) is 0.309. The summed E-state index contributed by atoms with van der Waals surface area (Å²) in [5, 5.41) is 0.527. The van der Waals surface area contributed by atoms with Crippen LogP contribution in [0.1, 0.15) is 5.56 Å². The Morgan fingerprint density at radius 2 is 1.50 bits per heavy atom. The Kier molecular flexibility index (Phi) is 4.92. The van der Waals surface area contributed by atoms with Gasteiger partial charge in [-0.15, -0.1) is 0 Å². The predicted octanol–water partition coefficient (Wildman–Crippen LogP) is 6.06. The van der Waals surface area contributed by atoms with Gasteiger partial charge in [-0.05, 0) is 12.1 Å². The molecule has 7 heteroatoms. The van der Waals surface area contributed by atoms with Crippen molar-refractivity contribution in [1.29, 1.82) is 0 Å². The molecule has 28 heavy (non-hydrogen) atoms. The molecule has 0 fully saturated rings. The van der Waals surface area contributed by atoms with Crippen molar-refractivity contribution in [3.05, 3.63) is 90.6 Å². The van der Waals surface area contributed by atoms with Crippen LogP contribution in [0.2, 0.25) is 0 Å². The minimum atomic E-state index is -4.57. The maximum atomic E-state index is 13.6. The van der Waals surface area contributed by atoms with Gasteiger partial charge in [0, 0.05) is 29.3 Å². The lowest BCUT2D eigenvalue weighted by Crippen LogP contribution is -2.23. The van der Waals surface area contributed by atoms with Crippen LogP contribution in [0.5, 0.6) is 0 Å². The number of pyridine rings is 1. The first-order chi connectivity index (χ1) is 13.5. The van der Waals surface area contributed by atoms with Crippen LogP contribution in [-0.4, -0.2) is 21.3 Å². The molecular formula is C21H14F3N3S. The summed E-state index contributed by atoms with van der Waals surface area (Å²) < 4.78 is 46.5. The molecule has 0 amide bonds. The minimum absolute atomic E-state index is 0.0255. The van der Waals surface area contributed by atoms with Crippen LogP contribution in [0.3, 0.4) is 0 Å². The fourth-order valence-electron chi connectivity index (χ4n) is 2.80. The third-order valence-electron chi connectivity index (χ3n) is 4.07. The minimum Gasteiger partial charge on any atom is -0.293 e. The van der Waals surface area contributed by atoms with Gasteiger partial charge in [-0.1, -0.05) is 66.7 Å². The first kappa shape index (κ1) is 18.3. The molecule has 2 aromatic carbocycles. The summed E-state index contributed by atoms with van der Waals surface area (Å²) in [7, 11) is 0. The van der Waals surface area contributed by atoms with E-state index in [1.54, 1.807) is 34.9 Å². The SMILES string of the molecule is FC(F)(F)/C(=N/Sc1c(-c2ccccc2)nc2ccccn12)c1ccccc1. The second kappa shape index (κ2) is 7.52. The predicted molar refractivity (Wildman–Crippen MR) is 106 cm³/mol. The normalized spacial score (nSPS) is 12.5. The van der Waals surface area contributed by atoms with Crippen molar-refractivity contribution in [2.75, 3.05) is 0 Å². The fourth-order valence-corrected chi connectivity index (χ4v) is 3.68. The summed E-state index contributed by atoms with van der Waals surface area (Å²) in [5.41, 5.74) is 1.15. The molecule has 140 valence electrons. The first-order valence-electron chi connectivity index (χ1n) is 8.44. The molecule has 0 radical (unpaired) electrons. The van der Waals surface area contributed by atoms with Crippen molar-refractivity contribution in [2.24, 2.45) is 4.40 Å². The summed E-state index contributed by atoms with van der Waals surface area (Å²) >= 11 is 0.776. The third kappa shape index (κ3) is 3.66. The average Bonchev–Trinajstić information content (AvgIpc) is 3.07. The Hall–Kier alpha value is -3.06. The maximum Gasteiger partial charge on any atom is 0.434 e. The van der Waals surface area contributed by atoms with E-state index >= 15 is 0 Å². The molecule has 0 saturated carbocycles. The number of benzene rings is 2. The van der Waals surface area contributed by atoms with E-state index < -0.39 is 11.9 Å². The number of rotatable bonds is 4. The third-order valence-corrected chi connectivity index (χ3v) is 4.91. The number of hydrogen-bond acceptors (Lipinski definition) is 3. The Labute approximate surface area is 163 Å². The second-order valence-electron chi connectivity index (χ2n) is 5.96. The Bertz CT molecular complexity index is 1120. The molecule has 0 unspecified atom stereocenters. The molecule has 4 rings (SSSR count). The van der Waals surface area contributed by atoms with E-state index in [0.717, 1.165) is 17.5 Å². The van der Waals surface area contributed by atoms with Gasteiger partial charge < -0.3 is 0 Å². The van der Waals surface area contributed by atoms with Gasteiger partial charge in [-0.2, -0.15) is 13.2 Å². The van der Waals surface area contributed by atoms with Crippen LogP contribution in [0.25, 0.3) is 16.9 Å². The molecule has 0 atom stereocenters. The molecule has 3 nitrogen and oxygen atoms in total. The van der Waals surface area contributed by atoms with Crippen LogP contribution in [0.4, 0.5) is 13.2 Å². The highest BCUT2D eigenvalue weighted by atomic mass is 32.2. The van der Waals surface area contributed by atoms with Gasteiger partial charge >= 0.3 is 6.18 Å². The summed E-state index contributed by atoms with van der Waals surface area (Å²) in [4.78, 5) is 4.59. The number of halogens is 3. The molecule has 2 heterocycles. The standard InChI is InChI=1S/C21H14F3N3S/c22-21(23,24)19(16-11-5-2-6-12-16)26-28-20-18(15-9-3-1-4-10-15)25-17-13-7-8-14-27(17)20/h1-14H/b26-19+. The molecule has 4 aromatic rings. The Morgan fingerprint density at radius 1 is 0.857 bits per heavy atom. The van der Waals surface area contributed by atoms with Gasteiger partial charge in [0.25, 0.3) is 0 Å². The van der Waals surface area contributed by atoms with Crippen molar-refractivity contribution >= 4 is 23.3 Å². The van der Waals surface area contributed by atoms with Crippen molar-refractivity contribution in [3.8, 4) is 11.3 Å². The van der Waals surface area contributed by atoms with Gasteiger partial charge in [-0.3, -0.25) is 4.40 Å². The van der Waals surface area contributed by atoms with E-state index in [1.807, 2.05) is 42.5 Å². The topological polar surface area (TPSA) is 29.7 Å². The van der Waals surface area contributed by atoms with E-state index in [9.17, 15) is 13.2 Å². The number of imidazole rings is 1. The molecule has 0 aliphatic heterocycles. The molecule has 0 spiro atoms. The Balaban J connectivity index is 1.84. The number of hydrogen-bond donors (Lipinski definition) is 0. The average molecular weight is 397 g/mol. The molecular weight excluding hydrogens is 383 g/mol. The molecule has 0 N–H and O–H groups in total. The summed E-state index contributed by atoms with van der Waals surface area (Å²) in [6, 6.07) is 22.4. The number of aromatic nitrogens is 2. The summed E-state index contributed by atoms with van der Waals surface area (Å²) in [6.45, 7) is 0. The van der Waals surface area contributed by atoms with Crippen LogP contribution in [-0.2, 0) is 0 Å². The summed E-state index contributed by atoms with van der Waals surface area (Å²) in [5.74, 6) is 0. The van der Waals surface area contributed by atoms with Gasteiger partial charge in [0.15, 0.2) is 5.71 Å². The van der Waals surface area contributed by atoms with Gasteiger partial charge in [0.1, 0.15) is 16.4 Å². The van der Waals surface area contributed by atoms with Crippen molar-refractivity contribution in [2.45, 2.75) is 11.2 Å². The van der Waals surface area contributed by atoms with Crippen LogP contribution in [0.15, 0.2) is 94.5 Å². The number of fused-ring (bicyclic) bond motifs is 1. The van der Waals surface area contributed by atoms with Gasteiger partial charge in [-0.25, -0.2) is 9.38 Å². The fraction of sp³-hybridized carbons (Fsp3) is 0.0476. The van der Waals surface area contributed by atoms with Gasteiger partial charge in [0.2, 0.25) is 0 Å².